The number of hydrogen-bond donors (Lipinski definition) is 3. The van der Waals surface area contributed by atoms with Crippen LogP contribution in [0.5, 0.6) is 0 Å². The van der Waals surface area contributed by atoms with E-state index in [0.717, 1.165) is 5.69 Å². The van der Waals surface area contributed by atoms with Crippen LogP contribution in [0.4, 0.5) is 11.4 Å². The van der Waals surface area contributed by atoms with Gasteiger partial charge in [0, 0.05) is 23.8 Å². The molecule has 3 amide bonds. The summed E-state index contributed by atoms with van der Waals surface area (Å²) in [6, 6.07) is 17.0. The summed E-state index contributed by atoms with van der Waals surface area (Å²) in [6.45, 7) is 0. The number of hydrogen-bond acceptors (Lipinski definition) is 3. The van der Waals surface area contributed by atoms with Crippen molar-refractivity contribution in [1.82, 2.24) is 9.88 Å². The lowest BCUT2D eigenvalue weighted by atomic mass is 10.1. The van der Waals surface area contributed by atoms with E-state index >= 15 is 0 Å². The predicted octanol–water partition coefficient (Wildman–Crippen LogP) is 2.56. The fourth-order valence-electron chi connectivity index (χ4n) is 3.10. The molecule has 0 spiro atoms. The van der Waals surface area contributed by atoms with Gasteiger partial charge >= 0.3 is 0 Å². The van der Waals surface area contributed by atoms with Crippen molar-refractivity contribution < 1.29 is 14.4 Å². The molecule has 4 rings (SSSR count). The number of amides is 3. The minimum atomic E-state index is -0.951. The van der Waals surface area contributed by atoms with Crippen LogP contribution in [-0.4, -0.2) is 28.3 Å². The number of rotatable bonds is 4. The van der Waals surface area contributed by atoms with Gasteiger partial charge in [-0.2, -0.15) is 0 Å². The summed E-state index contributed by atoms with van der Waals surface area (Å²) in [4.78, 5) is 37.2. The Morgan fingerprint density at radius 3 is 2.61 bits per heavy atom. The minimum absolute atomic E-state index is 0.167. The average molecular weight is 374 g/mol. The highest BCUT2D eigenvalue weighted by molar-refractivity contribution is 6.11. The molecule has 3 aromatic rings. The highest BCUT2D eigenvalue weighted by atomic mass is 16.2. The molecular formula is C21H18N4O3. The lowest BCUT2D eigenvalue weighted by Gasteiger charge is -2.15. The van der Waals surface area contributed by atoms with E-state index in [4.69, 9.17) is 0 Å². The first-order chi connectivity index (χ1) is 13.6. The zero-order valence-corrected chi connectivity index (χ0v) is 14.9. The van der Waals surface area contributed by atoms with Crippen LogP contribution in [0, 0.1) is 0 Å². The molecule has 2 heterocycles. The molecule has 3 N–H and O–H groups in total. The van der Waals surface area contributed by atoms with E-state index in [2.05, 4.69) is 16.0 Å². The Labute approximate surface area is 161 Å². The fourth-order valence-corrected chi connectivity index (χ4v) is 3.10. The zero-order chi connectivity index (χ0) is 19.5. The van der Waals surface area contributed by atoms with E-state index in [1.54, 1.807) is 30.3 Å². The van der Waals surface area contributed by atoms with E-state index in [9.17, 15) is 14.4 Å². The maximum Gasteiger partial charge on any atom is 0.254 e. The average Bonchev–Trinajstić information content (AvgIpc) is 3.19. The summed E-state index contributed by atoms with van der Waals surface area (Å²) in [6.07, 6.45) is 3.65. The molecule has 0 radical (unpaired) electrons. The second kappa shape index (κ2) is 7.40. The van der Waals surface area contributed by atoms with Gasteiger partial charge in [-0.15, -0.1) is 0 Å². The molecule has 2 aromatic carbocycles. The molecule has 0 fully saturated rings. The van der Waals surface area contributed by atoms with Gasteiger partial charge in [0.2, 0.25) is 11.8 Å². The van der Waals surface area contributed by atoms with E-state index < -0.39 is 11.9 Å². The first kappa shape index (κ1) is 17.5. The SMILES string of the molecule is O=C(CC1NC(=O)c2ccccc2NC1=O)Nc1cccc(-n2cccc2)c1. The summed E-state index contributed by atoms with van der Waals surface area (Å²) in [5, 5.41) is 8.10. The molecule has 28 heavy (non-hydrogen) atoms. The van der Waals surface area contributed by atoms with Gasteiger partial charge in [0.15, 0.2) is 0 Å². The molecule has 0 saturated carbocycles. The van der Waals surface area contributed by atoms with Crippen LogP contribution < -0.4 is 16.0 Å². The maximum absolute atomic E-state index is 12.5. The molecule has 0 aliphatic carbocycles. The van der Waals surface area contributed by atoms with Crippen molar-refractivity contribution in [2.45, 2.75) is 12.5 Å². The Morgan fingerprint density at radius 1 is 1.00 bits per heavy atom. The Morgan fingerprint density at radius 2 is 1.79 bits per heavy atom. The molecular weight excluding hydrogens is 356 g/mol. The van der Waals surface area contributed by atoms with E-state index in [-0.39, 0.29) is 18.2 Å². The predicted molar refractivity (Wildman–Crippen MR) is 105 cm³/mol. The van der Waals surface area contributed by atoms with Gasteiger partial charge < -0.3 is 20.5 Å². The monoisotopic (exact) mass is 374 g/mol. The summed E-state index contributed by atoms with van der Waals surface area (Å²) < 4.78 is 1.92. The van der Waals surface area contributed by atoms with Crippen molar-refractivity contribution in [3.05, 3.63) is 78.6 Å². The van der Waals surface area contributed by atoms with Crippen LogP contribution in [0.15, 0.2) is 73.1 Å². The van der Waals surface area contributed by atoms with Crippen molar-refractivity contribution in [3.8, 4) is 5.69 Å². The summed E-state index contributed by atoms with van der Waals surface area (Å²) in [7, 11) is 0. The Balaban J connectivity index is 1.45. The highest BCUT2D eigenvalue weighted by Gasteiger charge is 2.29. The Bertz CT molecular complexity index is 1040. The summed E-state index contributed by atoms with van der Waals surface area (Å²) >= 11 is 0. The summed E-state index contributed by atoms with van der Waals surface area (Å²) in [5.74, 6) is -1.17. The van der Waals surface area contributed by atoms with Crippen molar-refractivity contribution in [2.75, 3.05) is 10.6 Å². The van der Waals surface area contributed by atoms with E-state index in [1.807, 2.05) is 47.3 Å². The van der Waals surface area contributed by atoms with Gasteiger partial charge in [0.25, 0.3) is 5.91 Å². The zero-order valence-electron chi connectivity index (χ0n) is 14.9. The number of para-hydroxylation sites is 1. The molecule has 0 saturated heterocycles. The molecule has 0 bridgehead atoms. The van der Waals surface area contributed by atoms with Gasteiger partial charge in [0.1, 0.15) is 6.04 Å². The molecule has 1 aromatic heterocycles. The van der Waals surface area contributed by atoms with Crippen LogP contribution in [0.25, 0.3) is 5.69 Å². The van der Waals surface area contributed by atoms with Crippen molar-refractivity contribution in [3.63, 3.8) is 0 Å². The fraction of sp³-hybridized carbons (Fsp3) is 0.0952. The van der Waals surface area contributed by atoms with Crippen molar-refractivity contribution in [2.24, 2.45) is 0 Å². The Hall–Kier alpha value is -3.87. The largest absolute Gasteiger partial charge is 0.340 e. The number of benzene rings is 2. The normalized spacial score (nSPS) is 15.8. The first-order valence-corrected chi connectivity index (χ1v) is 8.84. The maximum atomic E-state index is 12.5. The topological polar surface area (TPSA) is 92.2 Å². The smallest absolute Gasteiger partial charge is 0.254 e. The number of fused-ring (bicyclic) bond motifs is 1. The molecule has 1 unspecified atom stereocenters. The lowest BCUT2D eigenvalue weighted by molar-refractivity contribution is -0.122. The van der Waals surface area contributed by atoms with Crippen LogP contribution in [-0.2, 0) is 9.59 Å². The first-order valence-electron chi connectivity index (χ1n) is 8.84. The van der Waals surface area contributed by atoms with Crippen LogP contribution in [0.2, 0.25) is 0 Å². The minimum Gasteiger partial charge on any atom is -0.340 e. The van der Waals surface area contributed by atoms with Crippen molar-refractivity contribution >= 4 is 29.1 Å². The quantitative estimate of drug-likeness (QED) is 0.655. The third-order valence-corrected chi connectivity index (χ3v) is 4.47. The second-order valence-corrected chi connectivity index (χ2v) is 6.45. The number of nitrogens with one attached hydrogen (secondary N) is 3. The third-order valence-electron chi connectivity index (χ3n) is 4.47. The lowest BCUT2D eigenvalue weighted by Crippen LogP contribution is -2.43. The molecule has 7 heteroatoms. The molecule has 140 valence electrons. The number of nitrogens with zero attached hydrogens (tertiary/aromatic N) is 1. The number of carbonyl (C=O) groups excluding carboxylic acids is 3. The van der Waals surface area contributed by atoms with Crippen LogP contribution >= 0.6 is 0 Å². The molecule has 1 atom stereocenters. The van der Waals surface area contributed by atoms with Gasteiger partial charge in [0.05, 0.1) is 17.7 Å². The van der Waals surface area contributed by atoms with Crippen molar-refractivity contribution in [1.29, 1.82) is 0 Å². The van der Waals surface area contributed by atoms with E-state index in [1.165, 1.54) is 0 Å². The number of anilines is 2. The van der Waals surface area contributed by atoms with Gasteiger partial charge in [-0.3, -0.25) is 14.4 Å². The van der Waals surface area contributed by atoms with Crippen LogP contribution in [0.1, 0.15) is 16.8 Å². The van der Waals surface area contributed by atoms with Gasteiger partial charge in [-0.1, -0.05) is 18.2 Å². The second-order valence-electron chi connectivity index (χ2n) is 6.45. The Kier molecular flexibility index (Phi) is 4.63. The van der Waals surface area contributed by atoms with Gasteiger partial charge in [-0.25, -0.2) is 0 Å². The highest BCUT2D eigenvalue weighted by Crippen LogP contribution is 2.19. The van der Waals surface area contributed by atoms with E-state index in [0.29, 0.717) is 16.9 Å². The third kappa shape index (κ3) is 3.64. The number of aromatic nitrogens is 1. The standard InChI is InChI=1S/C21H18N4O3/c26-19(22-14-6-5-7-15(12-14)25-10-3-4-11-25)13-18-21(28)23-17-9-2-1-8-16(17)20(27)24-18/h1-12,18H,13H2,(H,22,26)(H,23,28)(H,24,27). The molecule has 1 aliphatic rings. The van der Waals surface area contributed by atoms with Gasteiger partial charge in [-0.05, 0) is 42.5 Å². The number of carbonyl (C=O) groups is 3. The van der Waals surface area contributed by atoms with Crippen LogP contribution in [0.3, 0.4) is 0 Å². The summed E-state index contributed by atoms with van der Waals surface area (Å²) in [5.41, 5.74) is 2.32. The molecule has 1 aliphatic heterocycles. The molecule has 7 nitrogen and oxygen atoms in total.